The Morgan fingerprint density at radius 1 is 0.844 bits per heavy atom. The van der Waals surface area contributed by atoms with E-state index in [4.69, 9.17) is 4.74 Å². The summed E-state index contributed by atoms with van der Waals surface area (Å²) in [7, 11) is 1.18. The Labute approximate surface area is 182 Å². The molecule has 0 fully saturated rings. The van der Waals surface area contributed by atoms with Crippen LogP contribution in [-0.4, -0.2) is 31.5 Å². The van der Waals surface area contributed by atoms with Gasteiger partial charge in [0, 0.05) is 0 Å². The van der Waals surface area contributed by atoms with Gasteiger partial charge in [0.2, 0.25) is 0 Å². The van der Waals surface area contributed by atoms with E-state index in [9.17, 15) is 23.2 Å². The van der Waals surface area contributed by atoms with Crippen molar-refractivity contribution in [2.75, 3.05) is 24.4 Å². The van der Waals surface area contributed by atoms with Gasteiger partial charge in [-0.3, -0.25) is 9.59 Å². The Bertz CT molecular complexity index is 1170. The van der Waals surface area contributed by atoms with Crippen LogP contribution in [-0.2, 0) is 9.53 Å². The summed E-state index contributed by atoms with van der Waals surface area (Å²) in [5.41, 5.74) is -0.161. The number of para-hydroxylation sites is 2. The molecule has 0 aromatic heterocycles. The highest BCUT2D eigenvalue weighted by Gasteiger charge is 2.17. The minimum atomic E-state index is -0.756. The van der Waals surface area contributed by atoms with Crippen molar-refractivity contribution >= 4 is 29.2 Å². The number of ether oxygens (including phenoxy) is 2. The summed E-state index contributed by atoms with van der Waals surface area (Å²) in [4.78, 5) is 36.4. The maximum atomic E-state index is 14.1. The Balaban J connectivity index is 1.71. The third kappa shape index (κ3) is 5.45. The van der Waals surface area contributed by atoms with Gasteiger partial charge >= 0.3 is 5.97 Å². The maximum absolute atomic E-state index is 14.1. The van der Waals surface area contributed by atoms with E-state index in [1.54, 1.807) is 18.2 Å². The van der Waals surface area contributed by atoms with Crippen LogP contribution in [0.15, 0.2) is 66.7 Å². The number of carbonyl (C=O) groups excluding carboxylic acids is 3. The van der Waals surface area contributed by atoms with Gasteiger partial charge in [0.05, 0.1) is 29.6 Å². The van der Waals surface area contributed by atoms with Crippen LogP contribution in [0, 0.1) is 11.6 Å². The highest BCUT2D eigenvalue weighted by molar-refractivity contribution is 6.06. The van der Waals surface area contributed by atoms with Gasteiger partial charge in [-0.2, -0.15) is 0 Å². The van der Waals surface area contributed by atoms with Crippen LogP contribution in [0.4, 0.5) is 20.2 Å². The molecule has 9 heteroatoms. The number of benzene rings is 3. The quantitative estimate of drug-likeness (QED) is 0.542. The number of esters is 1. The average molecular weight is 440 g/mol. The topological polar surface area (TPSA) is 93.7 Å². The van der Waals surface area contributed by atoms with Crippen LogP contribution < -0.4 is 15.4 Å². The molecule has 7 nitrogen and oxygen atoms in total. The standard InChI is InChI=1S/C23H18F2N2O5/c1-31-23(30)14-10-11-17(25)19(12-14)27-22(29)15-6-2-5-9-20(15)32-13-21(28)26-18-8-4-3-7-16(18)24/h2-12H,13H2,1H3,(H,26,28)(H,27,29). The van der Waals surface area contributed by atoms with Gasteiger partial charge in [-0.1, -0.05) is 24.3 Å². The smallest absolute Gasteiger partial charge is 0.337 e. The van der Waals surface area contributed by atoms with Crippen LogP contribution in [0.5, 0.6) is 5.75 Å². The lowest BCUT2D eigenvalue weighted by Crippen LogP contribution is -2.22. The average Bonchev–Trinajstić information content (AvgIpc) is 2.80. The molecular weight excluding hydrogens is 422 g/mol. The minimum Gasteiger partial charge on any atom is -0.483 e. The summed E-state index contributed by atoms with van der Waals surface area (Å²) in [5, 5.41) is 4.74. The van der Waals surface area contributed by atoms with E-state index in [0.717, 1.165) is 12.1 Å². The van der Waals surface area contributed by atoms with Gasteiger partial charge in [-0.25, -0.2) is 13.6 Å². The fourth-order valence-corrected chi connectivity index (χ4v) is 2.73. The Kier molecular flexibility index (Phi) is 7.12. The van der Waals surface area contributed by atoms with Crippen molar-refractivity contribution in [1.82, 2.24) is 0 Å². The first kappa shape index (κ1) is 22.4. The third-order valence-electron chi connectivity index (χ3n) is 4.27. The van der Waals surface area contributed by atoms with Gasteiger partial charge in [0.25, 0.3) is 11.8 Å². The molecule has 0 bridgehead atoms. The SMILES string of the molecule is COC(=O)c1ccc(F)c(NC(=O)c2ccccc2OCC(=O)Nc2ccccc2F)c1. The number of halogens is 2. The van der Waals surface area contributed by atoms with Gasteiger partial charge in [0.1, 0.15) is 17.4 Å². The number of hydrogen-bond donors (Lipinski definition) is 2. The van der Waals surface area contributed by atoms with E-state index >= 15 is 0 Å². The fourth-order valence-electron chi connectivity index (χ4n) is 2.73. The summed E-state index contributed by atoms with van der Waals surface area (Å²) in [6.45, 7) is -0.495. The van der Waals surface area contributed by atoms with Gasteiger partial charge < -0.3 is 20.1 Å². The van der Waals surface area contributed by atoms with Crippen molar-refractivity contribution in [2.24, 2.45) is 0 Å². The normalized spacial score (nSPS) is 10.2. The van der Waals surface area contributed by atoms with Crippen LogP contribution in [0.25, 0.3) is 0 Å². The first-order valence-electron chi connectivity index (χ1n) is 9.34. The molecule has 0 aliphatic heterocycles. The van der Waals surface area contributed by atoms with Gasteiger partial charge in [-0.05, 0) is 42.5 Å². The Morgan fingerprint density at radius 2 is 1.53 bits per heavy atom. The molecule has 0 saturated carbocycles. The molecule has 164 valence electrons. The largest absolute Gasteiger partial charge is 0.483 e. The first-order chi connectivity index (χ1) is 15.4. The second kappa shape index (κ2) is 10.2. The fraction of sp³-hybridized carbons (Fsp3) is 0.0870. The van der Waals surface area contributed by atoms with E-state index in [1.165, 1.54) is 43.5 Å². The highest BCUT2D eigenvalue weighted by Crippen LogP contribution is 2.22. The van der Waals surface area contributed by atoms with E-state index in [0.29, 0.717) is 0 Å². The van der Waals surface area contributed by atoms with Crippen molar-refractivity contribution in [3.63, 3.8) is 0 Å². The van der Waals surface area contributed by atoms with Crippen LogP contribution in [0.1, 0.15) is 20.7 Å². The highest BCUT2D eigenvalue weighted by atomic mass is 19.1. The van der Waals surface area contributed by atoms with Crippen LogP contribution in [0.2, 0.25) is 0 Å². The number of anilines is 2. The predicted molar refractivity (Wildman–Crippen MR) is 113 cm³/mol. The van der Waals surface area contributed by atoms with E-state index in [-0.39, 0.29) is 28.3 Å². The molecule has 0 radical (unpaired) electrons. The van der Waals surface area contributed by atoms with Crippen molar-refractivity contribution < 1.29 is 32.6 Å². The molecule has 0 aliphatic rings. The summed E-state index contributed by atoms with van der Waals surface area (Å²) in [6.07, 6.45) is 0. The van der Waals surface area contributed by atoms with E-state index in [2.05, 4.69) is 15.4 Å². The molecule has 3 aromatic rings. The summed E-state index contributed by atoms with van der Waals surface area (Å²) < 4.78 is 37.8. The lowest BCUT2D eigenvalue weighted by Gasteiger charge is -2.13. The molecular formula is C23H18F2N2O5. The molecule has 0 aliphatic carbocycles. The number of methoxy groups -OCH3 is 1. The second-order valence-electron chi connectivity index (χ2n) is 6.45. The zero-order valence-electron chi connectivity index (χ0n) is 16.9. The maximum Gasteiger partial charge on any atom is 0.337 e. The molecule has 0 atom stereocenters. The lowest BCUT2D eigenvalue weighted by atomic mass is 10.1. The monoisotopic (exact) mass is 440 g/mol. The molecule has 0 unspecified atom stereocenters. The summed E-state index contributed by atoms with van der Waals surface area (Å²) >= 11 is 0. The lowest BCUT2D eigenvalue weighted by molar-refractivity contribution is -0.118. The first-order valence-corrected chi connectivity index (χ1v) is 9.34. The molecule has 0 heterocycles. The Hall–Kier alpha value is -4.27. The van der Waals surface area contributed by atoms with E-state index < -0.39 is 36.0 Å². The van der Waals surface area contributed by atoms with Crippen molar-refractivity contribution in [2.45, 2.75) is 0 Å². The molecule has 3 rings (SSSR count). The third-order valence-corrected chi connectivity index (χ3v) is 4.27. The number of carbonyl (C=O) groups is 3. The molecule has 2 amide bonds. The summed E-state index contributed by atoms with van der Waals surface area (Å²) in [5.74, 6) is -3.35. The van der Waals surface area contributed by atoms with Gasteiger partial charge in [-0.15, -0.1) is 0 Å². The second-order valence-corrected chi connectivity index (χ2v) is 6.45. The molecule has 0 spiro atoms. The van der Waals surface area contributed by atoms with Gasteiger partial charge in [0.15, 0.2) is 6.61 Å². The number of amides is 2. The van der Waals surface area contributed by atoms with Crippen LogP contribution >= 0.6 is 0 Å². The van der Waals surface area contributed by atoms with Crippen molar-refractivity contribution in [3.05, 3.63) is 89.5 Å². The zero-order chi connectivity index (χ0) is 23.1. The van der Waals surface area contributed by atoms with Crippen molar-refractivity contribution in [1.29, 1.82) is 0 Å². The van der Waals surface area contributed by atoms with Crippen molar-refractivity contribution in [3.8, 4) is 5.75 Å². The van der Waals surface area contributed by atoms with Crippen LogP contribution in [0.3, 0.4) is 0 Å². The number of rotatable bonds is 7. The Morgan fingerprint density at radius 3 is 2.28 bits per heavy atom. The number of nitrogens with one attached hydrogen (secondary N) is 2. The predicted octanol–water partition coefficient (Wildman–Crippen LogP) is 4.02. The molecule has 32 heavy (non-hydrogen) atoms. The minimum absolute atomic E-state index is 0.00640. The number of hydrogen-bond acceptors (Lipinski definition) is 5. The summed E-state index contributed by atoms with van der Waals surface area (Å²) in [6, 6.07) is 15.0. The molecule has 3 aromatic carbocycles. The molecule has 2 N–H and O–H groups in total. The van der Waals surface area contributed by atoms with E-state index in [1.807, 2.05) is 0 Å². The molecule has 0 saturated heterocycles. The zero-order valence-corrected chi connectivity index (χ0v) is 16.9.